The number of carbonyl (C=O) groups is 1. The number of thiophene rings is 1. The quantitative estimate of drug-likeness (QED) is 0.475. The average Bonchev–Trinajstić information content (AvgIpc) is 3.56. The van der Waals surface area contributed by atoms with E-state index in [0.717, 1.165) is 29.7 Å². The fraction of sp³-hybridized carbons (Fsp3) is 0.320. The second-order valence-corrected chi connectivity index (χ2v) is 10.8. The van der Waals surface area contributed by atoms with E-state index in [4.69, 9.17) is 4.74 Å². The van der Waals surface area contributed by atoms with Crippen LogP contribution in [-0.2, 0) is 21.2 Å². The molecule has 8 heteroatoms. The maximum atomic E-state index is 13.2. The van der Waals surface area contributed by atoms with Crippen molar-refractivity contribution >= 4 is 27.3 Å². The Morgan fingerprint density at radius 1 is 1.15 bits per heavy atom. The van der Waals surface area contributed by atoms with E-state index >= 15 is 0 Å². The van der Waals surface area contributed by atoms with Crippen molar-refractivity contribution in [2.45, 2.75) is 43.2 Å². The van der Waals surface area contributed by atoms with Crippen molar-refractivity contribution < 1.29 is 17.9 Å². The van der Waals surface area contributed by atoms with Crippen LogP contribution in [0.4, 0.5) is 0 Å². The lowest BCUT2D eigenvalue weighted by Gasteiger charge is -2.19. The zero-order valence-corrected chi connectivity index (χ0v) is 20.1. The summed E-state index contributed by atoms with van der Waals surface area (Å²) >= 11 is 1.57. The van der Waals surface area contributed by atoms with Gasteiger partial charge in [0.15, 0.2) is 0 Å². The first-order chi connectivity index (χ1) is 16.0. The van der Waals surface area contributed by atoms with E-state index in [1.165, 1.54) is 17.7 Å². The van der Waals surface area contributed by atoms with Crippen LogP contribution in [0, 0.1) is 0 Å². The second-order valence-electron chi connectivity index (χ2n) is 8.03. The predicted octanol–water partition coefficient (Wildman–Crippen LogP) is 4.29. The molecule has 33 heavy (non-hydrogen) atoms. The van der Waals surface area contributed by atoms with Crippen molar-refractivity contribution in [1.29, 1.82) is 0 Å². The number of benzene rings is 2. The van der Waals surface area contributed by atoms with Gasteiger partial charge in [-0.3, -0.25) is 4.79 Å². The molecule has 1 saturated heterocycles. The van der Waals surface area contributed by atoms with Crippen LogP contribution in [0.15, 0.2) is 70.9 Å². The van der Waals surface area contributed by atoms with Crippen LogP contribution >= 0.6 is 11.3 Å². The van der Waals surface area contributed by atoms with Gasteiger partial charge in [-0.1, -0.05) is 43.3 Å². The number of ether oxygens (including phenoxy) is 1. The van der Waals surface area contributed by atoms with Gasteiger partial charge in [-0.15, -0.1) is 11.3 Å². The number of hydrogen-bond donors (Lipinski definition) is 2. The largest absolute Gasteiger partial charge is 0.377 e. The molecule has 2 aromatic carbocycles. The van der Waals surface area contributed by atoms with Crippen LogP contribution in [0.5, 0.6) is 0 Å². The van der Waals surface area contributed by atoms with Crippen LogP contribution in [0.25, 0.3) is 0 Å². The third kappa shape index (κ3) is 5.89. The molecule has 0 aliphatic carbocycles. The molecule has 2 atom stereocenters. The molecule has 1 amide bonds. The molecule has 0 saturated carbocycles. The number of carbonyl (C=O) groups excluding carboxylic acids is 1. The number of sulfonamides is 1. The third-order valence-electron chi connectivity index (χ3n) is 5.76. The number of hydrogen-bond acceptors (Lipinski definition) is 5. The van der Waals surface area contributed by atoms with Gasteiger partial charge >= 0.3 is 0 Å². The molecular formula is C25H28N2O4S2. The Morgan fingerprint density at radius 2 is 1.97 bits per heavy atom. The minimum Gasteiger partial charge on any atom is -0.377 e. The van der Waals surface area contributed by atoms with Crippen molar-refractivity contribution in [3.63, 3.8) is 0 Å². The highest BCUT2D eigenvalue weighted by molar-refractivity contribution is 7.89. The van der Waals surface area contributed by atoms with Gasteiger partial charge in [0.1, 0.15) is 0 Å². The minimum atomic E-state index is -3.74. The van der Waals surface area contributed by atoms with Crippen LogP contribution < -0.4 is 10.0 Å². The Bertz CT molecular complexity index is 1170. The van der Waals surface area contributed by atoms with Gasteiger partial charge in [-0.25, -0.2) is 13.1 Å². The molecule has 1 aliphatic heterocycles. The lowest BCUT2D eigenvalue weighted by Crippen LogP contribution is -2.32. The first-order valence-electron chi connectivity index (χ1n) is 11.1. The van der Waals surface area contributed by atoms with Crippen LogP contribution in [0.3, 0.4) is 0 Å². The van der Waals surface area contributed by atoms with E-state index in [2.05, 4.69) is 29.1 Å². The standard InChI is InChI=1S/C25H28N2O4S2/c1-2-18-10-12-19(13-11-18)24(23-9-5-15-32-23)27-25(28)20-6-3-8-22(16-20)33(29,30)26-17-21-7-4-14-31-21/h3,5-6,8-13,15-16,21,24,26H,2,4,7,14,17H2,1H3,(H,27,28). The second kappa shape index (κ2) is 10.6. The summed E-state index contributed by atoms with van der Waals surface area (Å²) in [6.45, 7) is 2.99. The maximum absolute atomic E-state index is 13.2. The van der Waals surface area contributed by atoms with Crippen LogP contribution in [-0.4, -0.2) is 33.6 Å². The van der Waals surface area contributed by atoms with Gasteiger partial charge in [-0.05, 0) is 60.0 Å². The summed E-state index contributed by atoms with van der Waals surface area (Å²) in [5.74, 6) is -0.329. The molecule has 2 unspecified atom stereocenters. The minimum absolute atomic E-state index is 0.0631. The fourth-order valence-corrected chi connectivity index (χ4v) is 5.74. The Kier molecular flexibility index (Phi) is 7.60. The summed E-state index contributed by atoms with van der Waals surface area (Å²) in [6, 6.07) is 17.9. The van der Waals surface area contributed by atoms with Gasteiger partial charge in [0, 0.05) is 23.6 Å². The van der Waals surface area contributed by atoms with Crippen molar-refractivity contribution in [1.82, 2.24) is 10.0 Å². The van der Waals surface area contributed by atoms with Gasteiger partial charge in [0.05, 0.1) is 17.0 Å². The normalized spacial score (nSPS) is 17.1. The lowest BCUT2D eigenvalue weighted by atomic mass is 10.0. The summed E-state index contributed by atoms with van der Waals surface area (Å²) in [5, 5.41) is 5.06. The fourth-order valence-electron chi connectivity index (χ4n) is 3.83. The maximum Gasteiger partial charge on any atom is 0.252 e. The molecule has 4 rings (SSSR count). The average molecular weight is 485 g/mol. The first kappa shape index (κ1) is 23.6. The summed E-state index contributed by atoms with van der Waals surface area (Å²) in [5.41, 5.74) is 2.50. The highest BCUT2D eigenvalue weighted by Crippen LogP contribution is 2.27. The zero-order chi connectivity index (χ0) is 23.3. The number of aryl methyl sites for hydroxylation is 1. The molecule has 2 N–H and O–H groups in total. The van der Waals surface area contributed by atoms with Crippen molar-refractivity contribution in [3.05, 3.63) is 87.6 Å². The molecule has 0 bridgehead atoms. The molecule has 2 heterocycles. The summed E-state index contributed by atoms with van der Waals surface area (Å²) < 4.78 is 33.6. The Hall–Kier alpha value is -2.52. The van der Waals surface area contributed by atoms with E-state index in [9.17, 15) is 13.2 Å². The number of rotatable bonds is 9. The molecular weight excluding hydrogens is 456 g/mol. The van der Waals surface area contributed by atoms with E-state index in [0.29, 0.717) is 12.2 Å². The van der Waals surface area contributed by atoms with E-state index in [-0.39, 0.29) is 29.5 Å². The van der Waals surface area contributed by atoms with Gasteiger partial charge in [-0.2, -0.15) is 0 Å². The summed E-state index contributed by atoms with van der Waals surface area (Å²) in [7, 11) is -3.74. The predicted molar refractivity (Wildman–Crippen MR) is 130 cm³/mol. The molecule has 1 aromatic heterocycles. The first-order valence-corrected chi connectivity index (χ1v) is 13.5. The summed E-state index contributed by atoms with van der Waals surface area (Å²) in [6.07, 6.45) is 2.62. The van der Waals surface area contributed by atoms with E-state index < -0.39 is 10.0 Å². The third-order valence-corrected chi connectivity index (χ3v) is 8.11. The van der Waals surface area contributed by atoms with Gasteiger partial charge in [0.25, 0.3) is 5.91 Å². The number of nitrogens with one attached hydrogen (secondary N) is 2. The number of amides is 1. The highest BCUT2D eigenvalue weighted by Gasteiger charge is 2.23. The SMILES string of the molecule is CCc1ccc(C(NC(=O)c2cccc(S(=O)(=O)NCC3CCCO3)c2)c2cccs2)cc1. The van der Waals surface area contributed by atoms with Crippen molar-refractivity contribution in [3.8, 4) is 0 Å². The molecule has 1 fully saturated rings. The Balaban J connectivity index is 1.52. The Labute approximate surface area is 199 Å². The molecule has 3 aromatic rings. The molecule has 0 radical (unpaired) electrons. The van der Waals surface area contributed by atoms with E-state index in [1.54, 1.807) is 23.5 Å². The molecule has 6 nitrogen and oxygen atoms in total. The van der Waals surface area contributed by atoms with E-state index in [1.807, 2.05) is 29.6 Å². The topological polar surface area (TPSA) is 84.5 Å². The van der Waals surface area contributed by atoms with Gasteiger partial charge in [0.2, 0.25) is 10.0 Å². The van der Waals surface area contributed by atoms with Crippen LogP contribution in [0.1, 0.15) is 52.2 Å². The highest BCUT2D eigenvalue weighted by atomic mass is 32.2. The Morgan fingerprint density at radius 3 is 2.64 bits per heavy atom. The zero-order valence-electron chi connectivity index (χ0n) is 18.5. The molecule has 1 aliphatic rings. The van der Waals surface area contributed by atoms with Crippen LogP contribution in [0.2, 0.25) is 0 Å². The van der Waals surface area contributed by atoms with Crippen molar-refractivity contribution in [2.24, 2.45) is 0 Å². The monoisotopic (exact) mass is 484 g/mol. The van der Waals surface area contributed by atoms with Gasteiger partial charge < -0.3 is 10.1 Å². The smallest absolute Gasteiger partial charge is 0.252 e. The van der Waals surface area contributed by atoms with Crippen molar-refractivity contribution in [2.75, 3.05) is 13.2 Å². The summed E-state index contributed by atoms with van der Waals surface area (Å²) in [4.78, 5) is 14.2. The molecule has 174 valence electrons. The molecule has 0 spiro atoms. The lowest BCUT2D eigenvalue weighted by molar-refractivity contribution is 0.0943.